The summed E-state index contributed by atoms with van der Waals surface area (Å²) in [4.78, 5) is 24.4. The summed E-state index contributed by atoms with van der Waals surface area (Å²) in [6.45, 7) is 7.04. The van der Waals surface area contributed by atoms with Gasteiger partial charge in [-0.1, -0.05) is 13.8 Å². The number of piperidine rings is 1. The zero-order valence-corrected chi connectivity index (χ0v) is 9.49. The highest BCUT2D eigenvalue weighted by atomic mass is 16.2. The van der Waals surface area contributed by atoms with Gasteiger partial charge in [0.2, 0.25) is 11.8 Å². The molecule has 1 saturated carbocycles. The van der Waals surface area contributed by atoms with Gasteiger partial charge in [-0.3, -0.25) is 9.59 Å². The van der Waals surface area contributed by atoms with Crippen LogP contribution < -0.4 is 5.32 Å². The van der Waals surface area contributed by atoms with Gasteiger partial charge in [0.05, 0.1) is 0 Å². The van der Waals surface area contributed by atoms with Crippen molar-refractivity contribution in [2.24, 2.45) is 17.8 Å². The number of amides is 2. The van der Waals surface area contributed by atoms with Gasteiger partial charge in [0.1, 0.15) is 0 Å². The number of nitrogens with zero attached hydrogens (tertiary/aromatic N) is 1. The van der Waals surface area contributed by atoms with Crippen molar-refractivity contribution in [3.05, 3.63) is 0 Å². The average Bonchev–Trinajstić information content (AvgIpc) is 2.62. The minimum absolute atomic E-state index is 0.0511. The van der Waals surface area contributed by atoms with E-state index < -0.39 is 0 Å². The number of hydrogen-bond acceptors (Lipinski definition) is 2. The fourth-order valence-electron chi connectivity index (χ4n) is 2.33. The zero-order valence-electron chi connectivity index (χ0n) is 9.49. The van der Waals surface area contributed by atoms with Gasteiger partial charge < -0.3 is 10.2 Å². The molecule has 2 rings (SSSR count). The highest BCUT2D eigenvalue weighted by molar-refractivity contribution is 5.79. The normalized spacial score (nSPS) is 32.8. The molecule has 1 saturated heterocycles. The van der Waals surface area contributed by atoms with E-state index in [1.807, 2.05) is 18.7 Å². The Morgan fingerprint density at radius 1 is 1.27 bits per heavy atom. The lowest BCUT2D eigenvalue weighted by molar-refractivity contribution is -0.128. The summed E-state index contributed by atoms with van der Waals surface area (Å²) in [6.07, 6.45) is 0. The smallest absolute Gasteiger partial charge is 0.222 e. The van der Waals surface area contributed by atoms with Gasteiger partial charge in [0, 0.05) is 43.8 Å². The number of rotatable bonds is 2. The van der Waals surface area contributed by atoms with E-state index in [1.165, 1.54) is 0 Å². The molecular formula is C11H18N2O2. The summed E-state index contributed by atoms with van der Waals surface area (Å²) in [5.41, 5.74) is 0. The number of carbonyl (C=O) groups excluding carboxylic acids is 2. The molecule has 1 N–H and O–H groups in total. The van der Waals surface area contributed by atoms with Crippen molar-refractivity contribution in [2.45, 2.75) is 26.8 Å². The first-order valence-electron chi connectivity index (χ1n) is 5.56. The third kappa shape index (κ3) is 1.85. The van der Waals surface area contributed by atoms with Crippen LogP contribution in [0.1, 0.15) is 20.8 Å². The van der Waals surface area contributed by atoms with Crippen molar-refractivity contribution in [1.82, 2.24) is 10.2 Å². The zero-order chi connectivity index (χ0) is 11.2. The molecule has 1 aliphatic heterocycles. The number of carbonyl (C=O) groups is 2. The Balaban J connectivity index is 1.80. The third-order valence-corrected chi connectivity index (χ3v) is 3.47. The quantitative estimate of drug-likeness (QED) is 0.709. The molecule has 1 heterocycles. The van der Waals surface area contributed by atoms with Crippen LogP contribution in [-0.4, -0.2) is 35.8 Å². The van der Waals surface area contributed by atoms with Crippen molar-refractivity contribution in [3.63, 3.8) is 0 Å². The fourth-order valence-corrected chi connectivity index (χ4v) is 2.33. The molecule has 4 heteroatoms. The first-order valence-corrected chi connectivity index (χ1v) is 5.56. The van der Waals surface area contributed by atoms with E-state index in [1.54, 1.807) is 6.92 Å². The Labute approximate surface area is 90.0 Å². The van der Waals surface area contributed by atoms with Crippen LogP contribution in [0.3, 0.4) is 0 Å². The van der Waals surface area contributed by atoms with Crippen molar-refractivity contribution < 1.29 is 9.59 Å². The van der Waals surface area contributed by atoms with Crippen LogP contribution in [0.2, 0.25) is 0 Å². The summed E-state index contributed by atoms with van der Waals surface area (Å²) in [7, 11) is 0. The topological polar surface area (TPSA) is 49.4 Å². The van der Waals surface area contributed by atoms with Gasteiger partial charge in [0.25, 0.3) is 0 Å². The van der Waals surface area contributed by atoms with Gasteiger partial charge in [-0.05, 0) is 0 Å². The Morgan fingerprint density at radius 2 is 1.80 bits per heavy atom. The lowest BCUT2D eigenvalue weighted by atomic mass is 10.2. The summed E-state index contributed by atoms with van der Waals surface area (Å²) in [6, 6.07) is 0.329. The van der Waals surface area contributed by atoms with Crippen molar-refractivity contribution in [3.8, 4) is 0 Å². The first kappa shape index (κ1) is 10.5. The Morgan fingerprint density at radius 3 is 2.20 bits per heavy atom. The predicted octanol–water partition coefficient (Wildman–Crippen LogP) is 0.235. The van der Waals surface area contributed by atoms with Crippen LogP contribution in [0.15, 0.2) is 0 Å². The molecule has 2 aliphatic rings. The number of fused-ring (bicyclic) bond motifs is 1. The maximum Gasteiger partial charge on any atom is 0.222 e. The Bertz CT molecular complexity index is 289. The summed E-state index contributed by atoms with van der Waals surface area (Å²) >= 11 is 0. The van der Waals surface area contributed by atoms with Crippen molar-refractivity contribution in [1.29, 1.82) is 0 Å². The fraction of sp³-hybridized carbons (Fsp3) is 0.818. The second-order valence-electron chi connectivity index (χ2n) is 4.94. The molecule has 2 fully saturated rings. The summed E-state index contributed by atoms with van der Waals surface area (Å²) in [5.74, 6) is 1.35. The third-order valence-electron chi connectivity index (χ3n) is 3.47. The van der Waals surface area contributed by atoms with Gasteiger partial charge in [0.15, 0.2) is 0 Å². The molecule has 0 aromatic heterocycles. The standard InChI is InChI=1S/C11H18N2O2/c1-6(2)11(15)12-10-8-4-13(7(3)14)5-9(8)10/h6,8-10H,4-5H2,1-3H3,(H,12,15)/t8-,9+,10+. The van der Waals surface area contributed by atoms with Crippen molar-refractivity contribution in [2.75, 3.05) is 13.1 Å². The second kappa shape index (κ2) is 3.51. The molecule has 0 spiro atoms. The van der Waals surface area contributed by atoms with E-state index in [-0.39, 0.29) is 17.7 Å². The second-order valence-corrected chi connectivity index (χ2v) is 4.94. The van der Waals surface area contributed by atoms with Gasteiger partial charge in [-0.25, -0.2) is 0 Å². The maximum atomic E-state index is 11.4. The molecule has 0 unspecified atom stereocenters. The Hall–Kier alpha value is -1.06. The lowest BCUT2D eigenvalue weighted by Crippen LogP contribution is -2.37. The van der Waals surface area contributed by atoms with Crippen LogP contribution in [0.5, 0.6) is 0 Å². The first-order chi connectivity index (χ1) is 7.00. The molecule has 4 nitrogen and oxygen atoms in total. The Kier molecular flexibility index (Phi) is 2.44. The van der Waals surface area contributed by atoms with Crippen LogP contribution >= 0.6 is 0 Å². The molecule has 84 valence electrons. The molecule has 0 radical (unpaired) electrons. The monoisotopic (exact) mass is 210 g/mol. The summed E-state index contributed by atoms with van der Waals surface area (Å²) < 4.78 is 0. The van der Waals surface area contributed by atoms with Crippen LogP contribution in [0.25, 0.3) is 0 Å². The summed E-state index contributed by atoms with van der Waals surface area (Å²) in [5, 5.41) is 3.04. The highest BCUT2D eigenvalue weighted by Gasteiger charge is 2.56. The molecule has 2 amide bonds. The van der Waals surface area contributed by atoms with Crippen LogP contribution in [-0.2, 0) is 9.59 Å². The molecule has 0 aromatic rings. The van der Waals surface area contributed by atoms with Gasteiger partial charge in [-0.2, -0.15) is 0 Å². The molecule has 1 aliphatic carbocycles. The highest BCUT2D eigenvalue weighted by Crippen LogP contribution is 2.45. The van der Waals surface area contributed by atoms with Crippen LogP contribution in [0.4, 0.5) is 0 Å². The van der Waals surface area contributed by atoms with E-state index in [4.69, 9.17) is 0 Å². The number of hydrogen-bond donors (Lipinski definition) is 1. The van der Waals surface area contributed by atoms with E-state index in [2.05, 4.69) is 5.32 Å². The number of likely N-dealkylation sites (tertiary alicyclic amines) is 1. The van der Waals surface area contributed by atoms with Crippen molar-refractivity contribution >= 4 is 11.8 Å². The molecule has 15 heavy (non-hydrogen) atoms. The molecular weight excluding hydrogens is 192 g/mol. The minimum Gasteiger partial charge on any atom is -0.352 e. The van der Waals surface area contributed by atoms with E-state index in [0.29, 0.717) is 17.9 Å². The molecule has 0 bridgehead atoms. The van der Waals surface area contributed by atoms with E-state index in [9.17, 15) is 9.59 Å². The minimum atomic E-state index is 0.0511. The molecule has 3 atom stereocenters. The number of nitrogens with one attached hydrogen (secondary N) is 1. The largest absolute Gasteiger partial charge is 0.352 e. The average molecular weight is 210 g/mol. The SMILES string of the molecule is CC(=O)N1C[C@@H]2[C@H](C1)[C@H]2NC(=O)C(C)C. The van der Waals surface area contributed by atoms with Gasteiger partial charge in [-0.15, -0.1) is 0 Å². The lowest BCUT2D eigenvalue weighted by Gasteiger charge is -2.18. The van der Waals surface area contributed by atoms with Crippen LogP contribution in [0, 0.1) is 17.8 Å². The van der Waals surface area contributed by atoms with E-state index >= 15 is 0 Å². The predicted molar refractivity (Wildman–Crippen MR) is 56.0 cm³/mol. The maximum absolute atomic E-state index is 11.4. The molecule has 0 aromatic carbocycles. The van der Waals surface area contributed by atoms with Gasteiger partial charge >= 0.3 is 0 Å². The van der Waals surface area contributed by atoms with E-state index in [0.717, 1.165) is 13.1 Å².